The highest BCUT2D eigenvalue weighted by atomic mass is 32.2. The van der Waals surface area contributed by atoms with Gasteiger partial charge in [0.2, 0.25) is 11.1 Å². The number of anilines is 2. The summed E-state index contributed by atoms with van der Waals surface area (Å²) >= 11 is 1.13. The molecule has 0 aliphatic carbocycles. The normalized spacial score (nSPS) is 14.1. The molecule has 4 aromatic rings. The van der Waals surface area contributed by atoms with Crippen molar-refractivity contribution in [3.63, 3.8) is 0 Å². The quantitative estimate of drug-likeness (QED) is 0.211. The summed E-state index contributed by atoms with van der Waals surface area (Å²) in [6, 6.07) is 15.6. The first-order chi connectivity index (χ1) is 17.3. The number of thioether (sulfide) groups is 1. The highest BCUT2D eigenvalue weighted by molar-refractivity contribution is 7.98. The molecule has 0 saturated heterocycles. The van der Waals surface area contributed by atoms with E-state index < -0.39 is 17.6 Å². The van der Waals surface area contributed by atoms with Crippen LogP contribution in [0.3, 0.4) is 0 Å². The molecule has 2 amide bonds. The van der Waals surface area contributed by atoms with Crippen molar-refractivity contribution < 1.29 is 22.8 Å². The molecule has 1 aliphatic rings. The first-order valence-corrected chi connectivity index (χ1v) is 11.6. The van der Waals surface area contributed by atoms with Crippen LogP contribution >= 0.6 is 11.8 Å². The number of aromatic amines is 2. The average Bonchev–Trinajstić information content (AvgIpc) is 3.57. The Bertz CT molecular complexity index is 1490. The van der Waals surface area contributed by atoms with E-state index in [0.29, 0.717) is 16.8 Å². The molecular formula is C24H17F3N6O2S. The lowest BCUT2D eigenvalue weighted by atomic mass is 10.1. The number of para-hydroxylation sites is 1. The fourth-order valence-corrected chi connectivity index (χ4v) is 4.33. The summed E-state index contributed by atoms with van der Waals surface area (Å²) in [5, 5.41) is 12.2. The number of carbonyl (C=O) groups excluding carboxylic acids is 2. The van der Waals surface area contributed by atoms with E-state index in [9.17, 15) is 22.8 Å². The topological polar surface area (TPSA) is 116 Å². The molecule has 4 N–H and O–H groups in total. The maximum atomic E-state index is 12.9. The number of alkyl halides is 3. The van der Waals surface area contributed by atoms with Crippen LogP contribution in [0.1, 0.15) is 32.9 Å². The number of carbonyl (C=O) groups is 2. The Morgan fingerprint density at radius 3 is 2.75 bits per heavy atom. The molecule has 0 atom stereocenters. The molecule has 1 aliphatic heterocycles. The van der Waals surface area contributed by atoms with Crippen molar-refractivity contribution in [3.8, 4) is 0 Å². The third-order valence-corrected chi connectivity index (χ3v) is 6.20. The van der Waals surface area contributed by atoms with Crippen LogP contribution in [-0.2, 0) is 16.7 Å². The van der Waals surface area contributed by atoms with E-state index in [1.807, 2.05) is 24.3 Å². The van der Waals surface area contributed by atoms with Crippen molar-refractivity contribution in [1.29, 1.82) is 0 Å². The average molecular weight is 511 g/mol. The molecule has 36 heavy (non-hydrogen) atoms. The minimum absolute atomic E-state index is 0.0881. The van der Waals surface area contributed by atoms with Gasteiger partial charge in [-0.25, -0.2) is 5.10 Å². The standard InChI is InChI=1S/C24H17F3N6O2S/c25-24(26,27)14-5-3-4-13(10-14)12-36-23-31-22(32-33-23)30-21(35)19-9-8-15(28-19)11-17-16-6-1-2-7-18(16)29-20(17)34/h1-11,28H,12H2,(H,29,34)(H2,30,31,32,33,35)/b17-11-. The largest absolute Gasteiger partial charge is 0.416 e. The third kappa shape index (κ3) is 5.03. The molecule has 182 valence electrons. The van der Waals surface area contributed by atoms with Crippen molar-refractivity contribution in [1.82, 2.24) is 20.2 Å². The van der Waals surface area contributed by atoms with E-state index in [0.717, 1.165) is 35.1 Å². The SMILES string of the molecule is O=C1Nc2ccccc2/C1=C/c1ccc(C(=O)Nc2nc(SCc3cccc(C(F)(F)F)c3)n[nH]2)[nH]1. The lowest BCUT2D eigenvalue weighted by Gasteiger charge is -2.07. The molecule has 0 spiro atoms. The molecule has 5 rings (SSSR count). The van der Waals surface area contributed by atoms with Gasteiger partial charge in [0.1, 0.15) is 5.69 Å². The zero-order chi connectivity index (χ0) is 25.3. The van der Waals surface area contributed by atoms with Crippen LogP contribution in [-0.4, -0.2) is 32.0 Å². The Labute approximate surface area is 206 Å². The molecule has 0 bridgehead atoms. The highest BCUT2D eigenvalue weighted by Gasteiger charge is 2.30. The number of benzene rings is 2. The van der Waals surface area contributed by atoms with E-state index >= 15 is 0 Å². The maximum Gasteiger partial charge on any atom is 0.416 e. The second-order valence-corrected chi connectivity index (χ2v) is 8.74. The number of halogens is 3. The summed E-state index contributed by atoms with van der Waals surface area (Å²) in [7, 11) is 0. The van der Waals surface area contributed by atoms with Gasteiger partial charge in [-0.3, -0.25) is 14.9 Å². The summed E-state index contributed by atoms with van der Waals surface area (Å²) in [5.41, 5.74) is 2.54. The number of amides is 2. The predicted octanol–water partition coefficient (Wildman–Crippen LogP) is 5.19. The lowest BCUT2D eigenvalue weighted by molar-refractivity contribution is -0.137. The van der Waals surface area contributed by atoms with Crippen molar-refractivity contribution in [2.75, 3.05) is 10.6 Å². The van der Waals surface area contributed by atoms with Crippen LogP contribution in [0.2, 0.25) is 0 Å². The number of nitrogens with zero attached hydrogens (tertiary/aromatic N) is 2. The van der Waals surface area contributed by atoms with Gasteiger partial charge in [-0.05, 0) is 35.9 Å². The molecule has 0 radical (unpaired) electrons. The summed E-state index contributed by atoms with van der Waals surface area (Å²) in [6.07, 6.45) is -2.75. The van der Waals surface area contributed by atoms with Gasteiger partial charge < -0.3 is 10.3 Å². The Morgan fingerprint density at radius 1 is 1.08 bits per heavy atom. The lowest BCUT2D eigenvalue weighted by Crippen LogP contribution is -2.13. The predicted molar refractivity (Wildman–Crippen MR) is 129 cm³/mol. The molecule has 12 heteroatoms. The van der Waals surface area contributed by atoms with Crippen molar-refractivity contribution in [2.24, 2.45) is 0 Å². The van der Waals surface area contributed by atoms with Gasteiger partial charge in [0, 0.05) is 22.7 Å². The number of H-pyrrole nitrogens is 2. The van der Waals surface area contributed by atoms with Crippen molar-refractivity contribution in [2.45, 2.75) is 17.1 Å². The van der Waals surface area contributed by atoms with Crippen LogP contribution < -0.4 is 10.6 Å². The van der Waals surface area contributed by atoms with E-state index in [1.165, 1.54) is 6.07 Å². The monoisotopic (exact) mass is 510 g/mol. The Balaban J connectivity index is 1.21. The zero-order valence-corrected chi connectivity index (χ0v) is 19.1. The van der Waals surface area contributed by atoms with Gasteiger partial charge in [0.05, 0.1) is 11.1 Å². The summed E-state index contributed by atoms with van der Waals surface area (Å²) in [5.74, 6) is -0.402. The molecule has 0 saturated carbocycles. The fraction of sp³-hybridized carbons (Fsp3) is 0.0833. The molecule has 3 heterocycles. The first-order valence-electron chi connectivity index (χ1n) is 10.6. The fourth-order valence-electron chi connectivity index (χ4n) is 3.59. The van der Waals surface area contributed by atoms with E-state index in [2.05, 4.69) is 30.8 Å². The first kappa shape index (κ1) is 23.4. The molecule has 8 nitrogen and oxygen atoms in total. The van der Waals surface area contributed by atoms with Gasteiger partial charge in [0.15, 0.2) is 0 Å². The van der Waals surface area contributed by atoms with Gasteiger partial charge in [-0.1, -0.05) is 48.2 Å². The van der Waals surface area contributed by atoms with Gasteiger partial charge in [-0.15, -0.1) is 5.10 Å². The van der Waals surface area contributed by atoms with E-state index in [1.54, 1.807) is 24.3 Å². The number of aromatic nitrogens is 4. The minimum atomic E-state index is -4.41. The number of fused-ring (bicyclic) bond motifs is 1. The Morgan fingerprint density at radius 2 is 1.92 bits per heavy atom. The molecule has 0 fully saturated rings. The molecule has 2 aromatic heterocycles. The zero-order valence-electron chi connectivity index (χ0n) is 18.3. The maximum absolute atomic E-state index is 12.9. The summed E-state index contributed by atoms with van der Waals surface area (Å²) < 4.78 is 38.6. The van der Waals surface area contributed by atoms with Gasteiger partial charge in [0.25, 0.3) is 11.8 Å². The van der Waals surface area contributed by atoms with Crippen molar-refractivity contribution in [3.05, 3.63) is 88.7 Å². The number of rotatable bonds is 6. The Kier molecular flexibility index (Phi) is 6.10. The van der Waals surface area contributed by atoms with Crippen LogP contribution in [0.15, 0.2) is 65.8 Å². The number of nitrogens with one attached hydrogen (secondary N) is 4. The van der Waals surface area contributed by atoms with Crippen LogP contribution in [0.4, 0.5) is 24.8 Å². The molecule has 0 unspecified atom stereocenters. The minimum Gasteiger partial charge on any atom is -0.351 e. The van der Waals surface area contributed by atoms with Crippen LogP contribution in [0, 0.1) is 0 Å². The Hall–Kier alpha value is -4.32. The van der Waals surface area contributed by atoms with Crippen LogP contribution in [0.25, 0.3) is 11.6 Å². The van der Waals surface area contributed by atoms with Crippen LogP contribution in [0.5, 0.6) is 0 Å². The van der Waals surface area contributed by atoms with Crippen molar-refractivity contribution >= 4 is 46.9 Å². The van der Waals surface area contributed by atoms with E-state index in [-0.39, 0.29) is 28.5 Å². The summed E-state index contributed by atoms with van der Waals surface area (Å²) in [6.45, 7) is 0. The highest BCUT2D eigenvalue weighted by Crippen LogP contribution is 2.33. The third-order valence-electron chi connectivity index (χ3n) is 5.28. The number of hydrogen-bond acceptors (Lipinski definition) is 5. The smallest absolute Gasteiger partial charge is 0.351 e. The van der Waals surface area contributed by atoms with Gasteiger partial charge >= 0.3 is 6.18 Å². The molecule has 2 aromatic carbocycles. The second-order valence-electron chi connectivity index (χ2n) is 7.79. The number of hydrogen-bond donors (Lipinski definition) is 4. The molecular weight excluding hydrogens is 493 g/mol. The summed E-state index contributed by atoms with van der Waals surface area (Å²) in [4.78, 5) is 32.0. The van der Waals surface area contributed by atoms with Gasteiger partial charge in [-0.2, -0.15) is 18.2 Å². The second kappa shape index (κ2) is 9.38. The van der Waals surface area contributed by atoms with E-state index in [4.69, 9.17) is 0 Å².